The lowest BCUT2D eigenvalue weighted by atomic mass is 10.0. The average molecular weight is 404 g/mol. The standard InChI is InChI=1S/C21H24O8/c1-24-14-10-8-12(11-15(14)25-2)7-9-13(22)16-17(23)19(27-4)21(29-6)20(28-5)18(16)26-3/h7-11,23H,1-6H3/b9-7+. The lowest BCUT2D eigenvalue weighted by Crippen LogP contribution is -2.06. The number of carbonyl (C=O) groups excluding carboxylic acids is 1. The molecule has 1 N–H and O–H groups in total. The number of hydrogen-bond acceptors (Lipinski definition) is 8. The number of phenols is 1. The van der Waals surface area contributed by atoms with Gasteiger partial charge < -0.3 is 33.5 Å². The molecule has 0 fully saturated rings. The lowest BCUT2D eigenvalue weighted by Gasteiger charge is -2.19. The van der Waals surface area contributed by atoms with E-state index in [0.29, 0.717) is 17.1 Å². The van der Waals surface area contributed by atoms with E-state index in [2.05, 4.69) is 0 Å². The van der Waals surface area contributed by atoms with Crippen molar-refractivity contribution < 1.29 is 38.3 Å². The van der Waals surface area contributed by atoms with Crippen LogP contribution in [0.3, 0.4) is 0 Å². The molecule has 2 aromatic rings. The second-order valence-electron chi connectivity index (χ2n) is 5.67. The van der Waals surface area contributed by atoms with Crippen LogP contribution >= 0.6 is 0 Å². The number of ketones is 1. The Kier molecular flexibility index (Phi) is 7.19. The summed E-state index contributed by atoms with van der Waals surface area (Å²) in [6.45, 7) is 0. The molecule has 29 heavy (non-hydrogen) atoms. The summed E-state index contributed by atoms with van der Waals surface area (Å²) in [4.78, 5) is 12.9. The molecular formula is C21H24O8. The Morgan fingerprint density at radius 3 is 1.83 bits per heavy atom. The molecule has 0 radical (unpaired) electrons. The summed E-state index contributed by atoms with van der Waals surface area (Å²) in [5.41, 5.74) is 0.584. The number of methoxy groups -OCH3 is 6. The zero-order valence-electron chi connectivity index (χ0n) is 17.2. The Balaban J connectivity index is 2.54. The number of phenolic OH excluding ortho intramolecular Hbond substituents is 1. The molecule has 0 aromatic heterocycles. The average Bonchev–Trinajstić information content (AvgIpc) is 2.75. The molecule has 2 rings (SSSR count). The minimum Gasteiger partial charge on any atom is -0.504 e. The Bertz CT molecular complexity index is 918. The molecule has 0 bridgehead atoms. The Hall–Kier alpha value is -3.55. The fourth-order valence-electron chi connectivity index (χ4n) is 2.84. The first-order valence-corrected chi connectivity index (χ1v) is 8.50. The van der Waals surface area contributed by atoms with Gasteiger partial charge in [-0.25, -0.2) is 0 Å². The fraction of sp³-hybridized carbons (Fsp3) is 0.286. The zero-order valence-corrected chi connectivity index (χ0v) is 17.2. The van der Waals surface area contributed by atoms with Gasteiger partial charge in [-0.1, -0.05) is 12.1 Å². The molecule has 0 saturated carbocycles. The van der Waals surface area contributed by atoms with E-state index in [4.69, 9.17) is 28.4 Å². The second kappa shape index (κ2) is 9.59. The van der Waals surface area contributed by atoms with Crippen molar-refractivity contribution in [3.05, 3.63) is 35.4 Å². The maximum atomic E-state index is 12.9. The van der Waals surface area contributed by atoms with Gasteiger partial charge in [0.2, 0.25) is 17.2 Å². The van der Waals surface area contributed by atoms with Crippen molar-refractivity contribution in [3.63, 3.8) is 0 Å². The lowest BCUT2D eigenvalue weighted by molar-refractivity contribution is 0.104. The predicted octanol–water partition coefficient (Wildman–Crippen LogP) is 3.34. The van der Waals surface area contributed by atoms with Gasteiger partial charge >= 0.3 is 0 Å². The van der Waals surface area contributed by atoms with Crippen molar-refractivity contribution >= 4 is 11.9 Å². The number of benzene rings is 2. The summed E-state index contributed by atoms with van der Waals surface area (Å²) >= 11 is 0. The molecule has 0 atom stereocenters. The van der Waals surface area contributed by atoms with Gasteiger partial charge in [0.15, 0.2) is 28.8 Å². The minimum atomic E-state index is -0.520. The Labute approximate surface area is 169 Å². The Morgan fingerprint density at radius 1 is 0.759 bits per heavy atom. The van der Waals surface area contributed by atoms with Crippen LogP contribution in [0.4, 0.5) is 0 Å². The van der Waals surface area contributed by atoms with Gasteiger partial charge in [-0.2, -0.15) is 0 Å². The van der Waals surface area contributed by atoms with Crippen LogP contribution in [0.2, 0.25) is 0 Å². The predicted molar refractivity (Wildman–Crippen MR) is 107 cm³/mol. The number of ether oxygens (including phenoxy) is 6. The zero-order chi connectivity index (χ0) is 21.6. The molecule has 2 aromatic carbocycles. The van der Waals surface area contributed by atoms with Gasteiger partial charge in [0.05, 0.1) is 42.7 Å². The van der Waals surface area contributed by atoms with Crippen molar-refractivity contribution in [2.75, 3.05) is 42.7 Å². The highest BCUT2D eigenvalue weighted by Gasteiger charge is 2.30. The van der Waals surface area contributed by atoms with Crippen LogP contribution in [0.1, 0.15) is 15.9 Å². The van der Waals surface area contributed by atoms with Crippen molar-refractivity contribution in [2.24, 2.45) is 0 Å². The molecule has 0 saturated heterocycles. The third kappa shape index (κ3) is 4.16. The van der Waals surface area contributed by atoms with Crippen LogP contribution in [0.15, 0.2) is 24.3 Å². The van der Waals surface area contributed by atoms with E-state index in [-0.39, 0.29) is 28.6 Å². The van der Waals surface area contributed by atoms with E-state index in [9.17, 15) is 9.90 Å². The molecule has 0 amide bonds. The van der Waals surface area contributed by atoms with E-state index in [1.807, 2.05) is 0 Å². The normalized spacial score (nSPS) is 10.6. The fourth-order valence-corrected chi connectivity index (χ4v) is 2.84. The first kappa shape index (κ1) is 21.7. The van der Waals surface area contributed by atoms with Crippen molar-refractivity contribution in [1.29, 1.82) is 0 Å². The first-order chi connectivity index (χ1) is 14.0. The van der Waals surface area contributed by atoms with Crippen LogP contribution in [0.25, 0.3) is 6.08 Å². The van der Waals surface area contributed by atoms with Gasteiger partial charge in [-0.05, 0) is 23.8 Å². The van der Waals surface area contributed by atoms with Crippen LogP contribution in [-0.2, 0) is 0 Å². The van der Waals surface area contributed by atoms with Gasteiger partial charge in [0, 0.05) is 0 Å². The first-order valence-electron chi connectivity index (χ1n) is 8.50. The van der Waals surface area contributed by atoms with Gasteiger partial charge in [0.25, 0.3) is 0 Å². The molecule has 0 aliphatic carbocycles. The van der Waals surface area contributed by atoms with E-state index in [0.717, 1.165) is 0 Å². The highest BCUT2D eigenvalue weighted by molar-refractivity contribution is 6.12. The van der Waals surface area contributed by atoms with E-state index >= 15 is 0 Å². The van der Waals surface area contributed by atoms with E-state index in [1.54, 1.807) is 24.3 Å². The molecule has 0 unspecified atom stereocenters. The molecule has 0 aliphatic heterocycles. The van der Waals surface area contributed by atoms with Gasteiger partial charge in [-0.3, -0.25) is 4.79 Å². The summed E-state index contributed by atoms with van der Waals surface area (Å²) in [6, 6.07) is 5.20. The summed E-state index contributed by atoms with van der Waals surface area (Å²) in [7, 11) is 8.54. The molecule has 8 heteroatoms. The largest absolute Gasteiger partial charge is 0.504 e. The molecular weight excluding hydrogens is 380 g/mol. The number of aromatic hydroxyl groups is 1. The van der Waals surface area contributed by atoms with Crippen molar-refractivity contribution in [1.82, 2.24) is 0 Å². The quantitative estimate of drug-likeness (QED) is 0.503. The van der Waals surface area contributed by atoms with Gasteiger partial charge in [-0.15, -0.1) is 0 Å². The van der Waals surface area contributed by atoms with Crippen LogP contribution in [0, 0.1) is 0 Å². The topological polar surface area (TPSA) is 92.7 Å². The monoisotopic (exact) mass is 404 g/mol. The van der Waals surface area contributed by atoms with E-state index < -0.39 is 11.5 Å². The molecule has 0 aliphatic rings. The highest BCUT2D eigenvalue weighted by atomic mass is 16.5. The third-order valence-electron chi connectivity index (χ3n) is 4.20. The van der Waals surface area contributed by atoms with E-state index in [1.165, 1.54) is 48.7 Å². The molecule has 0 heterocycles. The van der Waals surface area contributed by atoms with Crippen LogP contribution in [-0.4, -0.2) is 53.5 Å². The summed E-state index contributed by atoms with van der Waals surface area (Å²) in [5.74, 6) is 0.405. The summed E-state index contributed by atoms with van der Waals surface area (Å²) < 4.78 is 31.5. The maximum absolute atomic E-state index is 12.9. The number of rotatable bonds is 9. The van der Waals surface area contributed by atoms with Crippen molar-refractivity contribution in [3.8, 4) is 40.2 Å². The Morgan fingerprint density at radius 2 is 1.31 bits per heavy atom. The maximum Gasteiger partial charge on any atom is 0.211 e. The summed E-state index contributed by atoms with van der Waals surface area (Å²) in [5, 5.41) is 10.6. The molecule has 156 valence electrons. The van der Waals surface area contributed by atoms with Crippen LogP contribution in [0.5, 0.6) is 40.2 Å². The molecule has 8 nitrogen and oxygen atoms in total. The summed E-state index contributed by atoms with van der Waals surface area (Å²) in [6.07, 6.45) is 2.87. The van der Waals surface area contributed by atoms with Crippen LogP contribution < -0.4 is 28.4 Å². The molecule has 0 spiro atoms. The van der Waals surface area contributed by atoms with Gasteiger partial charge in [0.1, 0.15) is 5.56 Å². The SMILES string of the molecule is COc1ccc(/C=C/C(=O)c2c(O)c(OC)c(OC)c(OC)c2OC)cc1OC. The third-order valence-corrected chi connectivity index (χ3v) is 4.20. The highest BCUT2D eigenvalue weighted by Crippen LogP contribution is 2.53. The smallest absolute Gasteiger partial charge is 0.211 e. The number of carbonyl (C=O) groups is 1. The number of allylic oxidation sites excluding steroid dienone is 1. The van der Waals surface area contributed by atoms with Crippen molar-refractivity contribution in [2.45, 2.75) is 0 Å². The number of hydrogen-bond donors (Lipinski definition) is 1. The second-order valence-corrected chi connectivity index (χ2v) is 5.67. The minimum absolute atomic E-state index is 0.0320.